The molecule has 0 atom stereocenters. The first-order valence-corrected chi connectivity index (χ1v) is 7.61. The second-order valence-electron chi connectivity index (χ2n) is 4.85. The van der Waals surface area contributed by atoms with Crippen LogP contribution in [0, 0.1) is 6.92 Å². The molecule has 0 N–H and O–H groups in total. The summed E-state index contributed by atoms with van der Waals surface area (Å²) < 4.78 is 7.21. The van der Waals surface area contributed by atoms with E-state index in [2.05, 4.69) is 45.1 Å². The van der Waals surface area contributed by atoms with E-state index in [4.69, 9.17) is 4.74 Å². The van der Waals surface area contributed by atoms with Gasteiger partial charge in [0.05, 0.1) is 12.8 Å². The molecule has 1 aromatic heterocycles. The van der Waals surface area contributed by atoms with Crippen LogP contribution in [0.4, 0.5) is 5.82 Å². The van der Waals surface area contributed by atoms with Gasteiger partial charge in [-0.15, -0.1) is 0 Å². The topological polar surface area (TPSA) is 30.3 Å². The number of aryl methyl sites for hydroxylation is 2. The lowest BCUT2D eigenvalue weighted by molar-refractivity contribution is 0.414. The molecule has 2 rings (SSSR count). The predicted octanol–water partition coefficient (Wildman–Crippen LogP) is 3.27. The van der Waals surface area contributed by atoms with Gasteiger partial charge in [-0.2, -0.15) is 5.10 Å². The Morgan fingerprint density at radius 2 is 2.15 bits per heavy atom. The fourth-order valence-corrected chi connectivity index (χ4v) is 3.10. The van der Waals surface area contributed by atoms with E-state index in [1.807, 2.05) is 30.8 Å². The highest BCUT2D eigenvalue weighted by Gasteiger charge is 2.16. The number of anilines is 1. The van der Waals surface area contributed by atoms with Gasteiger partial charge in [0.15, 0.2) is 0 Å². The van der Waals surface area contributed by atoms with Crippen LogP contribution in [0.25, 0.3) is 0 Å². The maximum atomic E-state index is 5.27. The molecule has 1 heterocycles. The minimum atomic E-state index is 0.810. The zero-order chi connectivity index (χ0) is 14.7. The lowest BCUT2D eigenvalue weighted by atomic mass is 10.2. The Kier molecular flexibility index (Phi) is 4.70. The Hall–Kier alpha value is -1.49. The first-order valence-electron chi connectivity index (χ1n) is 6.49. The summed E-state index contributed by atoms with van der Waals surface area (Å²) in [4.78, 5) is 2.21. The molecule has 1 aromatic carbocycles. The maximum Gasteiger partial charge on any atom is 0.130 e. The van der Waals surface area contributed by atoms with Gasteiger partial charge in [0.25, 0.3) is 0 Å². The van der Waals surface area contributed by atoms with Gasteiger partial charge in [0.2, 0.25) is 0 Å². The smallest absolute Gasteiger partial charge is 0.130 e. The van der Waals surface area contributed by atoms with Crippen LogP contribution in [0.1, 0.15) is 16.8 Å². The number of alkyl halides is 1. The zero-order valence-corrected chi connectivity index (χ0v) is 13.9. The second-order valence-corrected chi connectivity index (χ2v) is 5.41. The minimum Gasteiger partial charge on any atom is -0.497 e. The Balaban J connectivity index is 2.25. The van der Waals surface area contributed by atoms with Crippen LogP contribution in [0.15, 0.2) is 24.3 Å². The summed E-state index contributed by atoms with van der Waals surface area (Å²) in [6.07, 6.45) is 0. The highest BCUT2D eigenvalue weighted by molar-refractivity contribution is 9.08. The Bertz CT molecular complexity index is 595. The van der Waals surface area contributed by atoms with Crippen LogP contribution in [-0.2, 0) is 18.9 Å². The highest BCUT2D eigenvalue weighted by atomic mass is 79.9. The van der Waals surface area contributed by atoms with Crippen molar-refractivity contribution in [2.45, 2.75) is 18.8 Å². The molecular weight excluding hydrogens is 318 g/mol. The van der Waals surface area contributed by atoms with Crippen molar-refractivity contribution in [1.29, 1.82) is 0 Å². The van der Waals surface area contributed by atoms with Crippen molar-refractivity contribution in [2.24, 2.45) is 7.05 Å². The summed E-state index contributed by atoms with van der Waals surface area (Å²) >= 11 is 3.55. The van der Waals surface area contributed by atoms with E-state index in [9.17, 15) is 0 Å². The van der Waals surface area contributed by atoms with Crippen LogP contribution in [0.2, 0.25) is 0 Å². The van der Waals surface area contributed by atoms with Crippen molar-refractivity contribution in [3.8, 4) is 5.75 Å². The average molecular weight is 338 g/mol. The molecule has 0 fully saturated rings. The van der Waals surface area contributed by atoms with Crippen LogP contribution in [0.3, 0.4) is 0 Å². The molecular formula is C15H20BrN3O. The first-order chi connectivity index (χ1) is 9.56. The van der Waals surface area contributed by atoms with E-state index >= 15 is 0 Å². The quantitative estimate of drug-likeness (QED) is 0.784. The summed E-state index contributed by atoms with van der Waals surface area (Å²) in [5.74, 6) is 2.03. The number of hydrogen-bond donors (Lipinski definition) is 0. The van der Waals surface area contributed by atoms with Crippen molar-refractivity contribution in [2.75, 3.05) is 19.1 Å². The van der Waals surface area contributed by atoms with Crippen LogP contribution in [-0.4, -0.2) is 23.9 Å². The van der Waals surface area contributed by atoms with Gasteiger partial charge in [-0.05, 0) is 24.6 Å². The monoisotopic (exact) mass is 337 g/mol. The van der Waals surface area contributed by atoms with Crippen LogP contribution < -0.4 is 9.64 Å². The van der Waals surface area contributed by atoms with Gasteiger partial charge >= 0.3 is 0 Å². The third kappa shape index (κ3) is 2.98. The average Bonchev–Trinajstić information content (AvgIpc) is 2.72. The van der Waals surface area contributed by atoms with E-state index in [1.165, 1.54) is 11.1 Å². The zero-order valence-electron chi connectivity index (χ0n) is 12.4. The molecule has 0 aliphatic heterocycles. The molecule has 0 amide bonds. The lowest BCUT2D eigenvalue weighted by Crippen LogP contribution is -2.20. The van der Waals surface area contributed by atoms with Gasteiger partial charge in [0, 0.05) is 31.5 Å². The van der Waals surface area contributed by atoms with E-state index in [0.717, 1.165) is 29.1 Å². The highest BCUT2D eigenvalue weighted by Crippen LogP contribution is 2.26. The van der Waals surface area contributed by atoms with Crippen molar-refractivity contribution in [3.05, 3.63) is 41.1 Å². The minimum absolute atomic E-state index is 0.810. The lowest BCUT2D eigenvalue weighted by Gasteiger charge is -2.21. The summed E-state index contributed by atoms with van der Waals surface area (Å²) in [6.45, 7) is 2.86. The maximum absolute atomic E-state index is 5.27. The molecule has 20 heavy (non-hydrogen) atoms. The number of benzene rings is 1. The SMILES string of the molecule is COc1cccc(CN(C)c2c(CBr)c(C)nn2C)c1. The van der Waals surface area contributed by atoms with E-state index in [-0.39, 0.29) is 0 Å². The third-order valence-electron chi connectivity index (χ3n) is 3.36. The molecule has 108 valence electrons. The molecule has 0 aliphatic carbocycles. The summed E-state index contributed by atoms with van der Waals surface area (Å²) in [7, 11) is 5.76. The van der Waals surface area contributed by atoms with Gasteiger partial charge in [0.1, 0.15) is 11.6 Å². The number of halogens is 1. The summed E-state index contributed by atoms with van der Waals surface area (Å²) in [6, 6.07) is 8.15. The number of nitrogens with zero attached hydrogens (tertiary/aromatic N) is 3. The van der Waals surface area contributed by atoms with Crippen molar-refractivity contribution < 1.29 is 4.74 Å². The fraction of sp³-hybridized carbons (Fsp3) is 0.400. The molecule has 0 radical (unpaired) electrons. The molecule has 0 unspecified atom stereocenters. The summed E-state index contributed by atoms with van der Waals surface area (Å²) in [5, 5.41) is 5.31. The van der Waals surface area contributed by atoms with Crippen LogP contribution >= 0.6 is 15.9 Å². The second kappa shape index (κ2) is 6.31. The summed E-state index contributed by atoms with van der Waals surface area (Å²) in [5.41, 5.74) is 3.51. The fourth-order valence-electron chi connectivity index (χ4n) is 2.44. The number of rotatable bonds is 5. The Morgan fingerprint density at radius 3 is 2.80 bits per heavy atom. The molecule has 0 saturated carbocycles. The molecule has 0 bridgehead atoms. The first kappa shape index (κ1) is 14.9. The normalized spacial score (nSPS) is 10.7. The molecule has 0 spiro atoms. The van der Waals surface area contributed by atoms with Crippen LogP contribution in [0.5, 0.6) is 5.75 Å². The van der Waals surface area contributed by atoms with Gasteiger partial charge < -0.3 is 9.64 Å². The standard InChI is InChI=1S/C15H20BrN3O/c1-11-14(9-16)15(19(3)17-11)18(2)10-12-6-5-7-13(8-12)20-4/h5-8H,9-10H2,1-4H3. The van der Waals surface area contributed by atoms with E-state index in [0.29, 0.717) is 0 Å². The molecule has 0 saturated heterocycles. The Morgan fingerprint density at radius 1 is 1.40 bits per heavy atom. The Labute approximate surface area is 128 Å². The third-order valence-corrected chi connectivity index (χ3v) is 3.92. The van der Waals surface area contributed by atoms with Gasteiger partial charge in [-0.3, -0.25) is 4.68 Å². The molecule has 4 nitrogen and oxygen atoms in total. The van der Waals surface area contributed by atoms with Gasteiger partial charge in [-0.1, -0.05) is 28.1 Å². The number of hydrogen-bond acceptors (Lipinski definition) is 3. The van der Waals surface area contributed by atoms with E-state index in [1.54, 1.807) is 7.11 Å². The molecule has 0 aliphatic rings. The predicted molar refractivity (Wildman–Crippen MR) is 85.7 cm³/mol. The van der Waals surface area contributed by atoms with Gasteiger partial charge in [-0.25, -0.2) is 0 Å². The van der Waals surface area contributed by atoms with Crippen molar-refractivity contribution in [3.63, 3.8) is 0 Å². The van der Waals surface area contributed by atoms with E-state index < -0.39 is 0 Å². The molecule has 5 heteroatoms. The van der Waals surface area contributed by atoms with Crippen molar-refractivity contribution in [1.82, 2.24) is 9.78 Å². The number of ether oxygens (including phenoxy) is 1. The number of methoxy groups -OCH3 is 1. The van der Waals surface area contributed by atoms with Crippen molar-refractivity contribution >= 4 is 21.7 Å². The largest absolute Gasteiger partial charge is 0.497 e. The molecule has 2 aromatic rings. The number of aromatic nitrogens is 2.